The number of aliphatic imine (C=N–C) groups is 1. The van der Waals surface area contributed by atoms with Crippen LogP contribution in [0.3, 0.4) is 0 Å². The maximum atomic E-state index is 12.5. The minimum absolute atomic E-state index is 0.0801. The van der Waals surface area contributed by atoms with Gasteiger partial charge in [-0.25, -0.2) is 0 Å². The van der Waals surface area contributed by atoms with E-state index in [1.165, 1.54) is 11.0 Å². The van der Waals surface area contributed by atoms with Gasteiger partial charge in [-0.15, -0.1) is 0 Å². The van der Waals surface area contributed by atoms with Crippen molar-refractivity contribution >= 4 is 17.8 Å². The number of carbonyl (C=O) groups is 2. The summed E-state index contributed by atoms with van der Waals surface area (Å²) in [7, 11) is 1.55. The number of ether oxygens (including phenoxy) is 1. The van der Waals surface area contributed by atoms with E-state index < -0.39 is 6.61 Å². The standard InChI is InChI=1S/C20H20F2N4O3/c1-23-20(25-12-13-6-2-5-9-16(13)29-19(21)22)24-10-11-26-17(27)14-7-3-4-8-15(14)18(26)28/h2-9,19H,10-12H2,1H3,(H2,23,24,25). The zero-order valence-electron chi connectivity index (χ0n) is 15.7. The summed E-state index contributed by atoms with van der Waals surface area (Å²) in [6.07, 6.45) is 0. The smallest absolute Gasteiger partial charge is 0.387 e. The molecule has 29 heavy (non-hydrogen) atoms. The number of guanidine groups is 1. The van der Waals surface area contributed by atoms with Gasteiger partial charge in [0.05, 0.1) is 11.1 Å². The molecule has 0 saturated heterocycles. The first-order valence-corrected chi connectivity index (χ1v) is 8.93. The number of imide groups is 1. The van der Waals surface area contributed by atoms with E-state index in [0.717, 1.165) is 0 Å². The largest absolute Gasteiger partial charge is 0.434 e. The van der Waals surface area contributed by atoms with Gasteiger partial charge in [-0.3, -0.25) is 19.5 Å². The van der Waals surface area contributed by atoms with Crippen LogP contribution in [0.2, 0.25) is 0 Å². The lowest BCUT2D eigenvalue weighted by Gasteiger charge is -2.17. The fraction of sp³-hybridized carbons (Fsp3) is 0.250. The molecule has 1 heterocycles. The predicted octanol–water partition coefficient (Wildman–Crippen LogP) is 2.25. The van der Waals surface area contributed by atoms with E-state index in [2.05, 4.69) is 20.4 Å². The zero-order valence-corrected chi connectivity index (χ0v) is 15.7. The van der Waals surface area contributed by atoms with Crippen molar-refractivity contribution in [3.05, 3.63) is 65.2 Å². The van der Waals surface area contributed by atoms with Gasteiger partial charge in [0, 0.05) is 32.2 Å². The van der Waals surface area contributed by atoms with E-state index in [0.29, 0.717) is 22.6 Å². The minimum Gasteiger partial charge on any atom is -0.434 e. The highest BCUT2D eigenvalue weighted by atomic mass is 19.3. The highest BCUT2D eigenvalue weighted by molar-refractivity contribution is 6.21. The molecule has 0 bridgehead atoms. The van der Waals surface area contributed by atoms with Crippen molar-refractivity contribution in [1.29, 1.82) is 0 Å². The molecule has 0 aromatic heterocycles. The first-order valence-electron chi connectivity index (χ1n) is 8.93. The van der Waals surface area contributed by atoms with Crippen molar-refractivity contribution in [2.45, 2.75) is 13.2 Å². The molecule has 0 aliphatic carbocycles. The van der Waals surface area contributed by atoms with Crippen LogP contribution in [0.1, 0.15) is 26.3 Å². The fourth-order valence-corrected chi connectivity index (χ4v) is 2.99. The Kier molecular flexibility index (Phi) is 6.38. The normalized spacial score (nSPS) is 13.7. The van der Waals surface area contributed by atoms with Crippen LogP contribution in [-0.2, 0) is 6.54 Å². The van der Waals surface area contributed by atoms with E-state index >= 15 is 0 Å². The molecule has 1 aliphatic heterocycles. The zero-order chi connectivity index (χ0) is 20.8. The van der Waals surface area contributed by atoms with Gasteiger partial charge in [0.15, 0.2) is 5.96 Å². The molecule has 0 radical (unpaired) electrons. The predicted molar refractivity (Wildman–Crippen MR) is 103 cm³/mol. The van der Waals surface area contributed by atoms with E-state index in [4.69, 9.17) is 0 Å². The van der Waals surface area contributed by atoms with Gasteiger partial charge in [0.25, 0.3) is 11.8 Å². The second-order valence-corrected chi connectivity index (χ2v) is 6.15. The number of alkyl halides is 2. The molecule has 9 heteroatoms. The molecule has 1 aliphatic rings. The number of rotatable bonds is 7. The number of amides is 2. The number of benzene rings is 2. The third-order valence-corrected chi connectivity index (χ3v) is 4.36. The minimum atomic E-state index is -2.91. The molecule has 2 aromatic carbocycles. The van der Waals surface area contributed by atoms with Crippen LogP contribution >= 0.6 is 0 Å². The number of nitrogens with zero attached hydrogens (tertiary/aromatic N) is 2. The second kappa shape index (κ2) is 9.13. The van der Waals surface area contributed by atoms with Crippen LogP contribution in [0.5, 0.6) is 5.75 Å². The van der Waals surface area contributed by atoms with Crippen LogP contribution in [0.25, 0.3) is 0 Å². The molecule has 7 nitrogen and oxygen atoms in total. The molecule has 152 valence electrons. The molecule has 0 fully saturated rings. The number of hydrogen-bond acceptors (Lipinski definition) is 4. The quantitative estimate of drug-likeness (QED) is 0.422. The van der Waals surface area contributed by atoms with Gasteiger partial charge in [-0.05, 0) is 18.2 Å². The maximum Gasteiger partial charge on any atom is 0.387 e. The van der Waals surface area contributed by atoms with E-state index in [1.807, 2.05) is 0 Å². The number of carbonyl (C=O) groups excluding carboxylic acids is 2. The van der Waals surface area contributed by atoms with E-state index in [-0.39, 0.29) is 37.2 Å². The summed E-state index contributed by atoms with van der Waals surface area (Å²) >= 11 is 0. The number of fused-ring (bicyclic) bond motifs is 1. The topological polar surface area (TPSA) is 83.0 Å². The highest BCUT2D eigenvalue weighted by Gasteiger charge is 2.34. The van der Waals surface area contributed by atoms with E-state index in [9.17, 15) is 18.4 Å². The fourth-order valence-electron chi connectivity index (χ4n) is 2.99. The highest BCUT2D eigenvalue weighted by Crippen LogP contribution is 2.22. The van der Waals surface area contributed by atoms with Gasteiger partial charge in [0.1, 0.15) is 5.75 Å². The lowest BCUT2D eigenvalue weighted by molar-refractivity contribution is -0.0504. The molecule has 3 rings (SSSR count). The number of para-hydroxylation sites is 1. The molecule has 0 saturated carbocycles. The lowest BCUT2D eigenvalue weighted by atomic mass is 10.1. The first-order chi connectivity index (χ1) is 14.0. The first kappa shape index (κ1) is 20.2. The second-order valence-electron chi connectivity index (χ2n) is 6.15. The van der Waals surface area contributed by atoms with Crippen molar-refractivity contribution in [2.24, 2.45) is 4.99 Å². The molecule has 0 spiro atoms. The van der Waals surface area contributed by atoms with Crippen molar-refractivity contribution in [3.63, 3.8) is 0 Å². The Balaban J connectivity index is 1.52. The lowest BCUT2D eigenvalue weighted by Crippen LogP contribution is -2.42. The Bertz CT molecular complexity index is 898. The average molecular weight is 402 g/mol. The maximum absolute atomic E-state index is 12.5. The van der Waals surface area contributed by atoms with Gasteiger partial charge < -0.3 is 15.4 Å². The van der Waals surface area contributed by atoms with Gasteiger partial charge in [-0.2, -0.15) is 8.78 Å². The summed E-state index contributed by atoms with van der Waals surface area (Å²) in [6.45, 7) is -2.26. The number of nitrogens with one attached hydrogen (secondary N) is 2. The summed E-state index contributed by atoms with van der Waals surface area (Å²) in [5.74, 6) is -0.174. The SMILES string of the molecule is CN=C(NCCN1C(=O)c2ccccc2C1=O)NCc1ccccc1OC(F)F. The van der Waals surface area contributed by atoms with Crippen LogP contribution < -0.4 is 15.4 Å². The summed E-state index contributed by atoms with van der Waals surface area (Å²) < 4.78 is 29.5. The molecule has 0 unspecified atom stereocenters. The molecular weight excluding hydrogens is 382 g/mol. The van der Waals surface area contributed by atoms with Crippen molar-refractivity contribution < 1.29 is 23.1 Å². The third kappa shape index (κ3) is 4.68. The summed E-state index contributed by atoms with van der Waals surface area (Å²) in [6, 6.07) is 13.1. The Morgan fingerprint density at radius 2 is 1.66 bits per heavy atom. The summed E-state index contributed by atoms with van der Waals surface area (Å²) in [5, 5.41) is 5.99. The Hall–Kier alpha value is -3.49. The van der Waals surface area contributed by atoms with Crippen molar-refractivity contribution in [3.8, 4) is 5.75 Å². The van der Waals surface area contributed by atoms with Crippen LogP contribution in [0.15, 0.2) is 53.5 Å². The number of halogens is 2. The Morgan fingerprint density at radius 1 is 1.03 bits per heavy atom. The Labute approximate surface area is 166 Å². The van der Waals surface area contributed by atoms with E-state index in [1.54, 1.807) is 49.5 Å². The average Bonchev–Trinajstić information content (AvgIpc) is 2.96. The molecule has 0 atom stereocenters. The number of hydrogen-bond donors (Lipinski definition) is 2. The Morgan fingerprint density at radius 3 is 2.28 bits per heavy atom. The molecule has 2 N–H and O–H groups in total. The monoisotopic (exact) mass is 402 g/mol. The molecule has 2 amide bonds. The van der Waals surface area contributed by atoms with Crippen LogP contribution in [-0.4, -0.2) is 49.4 Å². The third-order valence-electron chi connectivity index (χ3n) is 4.36. The van der Waals surface area contributed by atoms with Crippen LogP contribution in [0.4, 0.5) is 8.78 Å². The van der Waals surface area contributed by atoms with Crippen molar-refractivity contribution in [1.82, 2.24) is 15.5 Å². The van der Waals surface area contributed by atoms with Gasteiger partial charge >= 0.3 is 6.61 Å². The summed E-state index contributed by atoms with van der Waals surface area (Å²) in [4.78, 5) is 29.9. The van der Waals surface area contributed by atoms with Gasteiger partial charge in [-0.1, -0.05) is 30.3 Å². The van der Waals surface area contributed by atoms with Crippen LogP contribution in [0, 0.1) is 0 Å². The van der Waals surface area contributed by atoms with Crippen molar-refractivity contribution in [2.75, 3.05) is 20.1 Å². The van der Waals surface area contributed by atoms with Gasteiger partial charge in [0.2, 0.25) is 0 Å². The molecule has 2 aromatic rings. The summed E-state index contributed by atoms with van der Waals surface area (Å²) in [5.41, 5.74) is 1.34. The molecular formula is C20H20F2N4O3.